The molecule has 0 aliphatic carbocycles. The summed E-state index contributed by atoms with van der Waals surface area (Å²) in [5.41, 5.74) is 0. The normalized spacial score (nSPS) is 12.2. The van der Waals surface area contributed by atoms with Gasteiger partial charge in [-0.15, -0.1) is 0 Å². The molecule has 0 saturated carbocycles. The van der Waals surface area contributed by atoms with Crippen LogP contribution in [0.25, 0.3) is 0 Å². The van der Waals surface area contributed by atoms with Gasteiger partial charge in [0.05, 0.1) is 0 Å². The van der Waals surface area contributed by atoms with Gasteiger partial charge in [-0.2, -0.15) is 0 Å². The van der Waals surface area contributed by atoms with E-state index in [-0.39, 0.29) is 0 Å². The molecule has 0 amide bonds. The molecule has 4 aromatic rings. The van der Waals surface area contributed by atoms with E-state index in [0.717, 1.165) is 24.6 Å². The third kappa shape index (κ3) is 12.3. The Bertz CT molecular complexity index is 1590. The van der Waals surface area contributed by atoms with Crippen molar-refractivity contribution in [2.45, 2.75) is 27.7 Å². The molecule has 6 nitrogen and oxygen atoms in total. The zero-order valence-electron chi connectivity index (χ0n) is 26.7. The fourth-order valence-electron chi connectivity index (χ4n) is 4.04. The third-order valence-electron chi connectivity index (χ3n) is 6.72. The summed E-state index contributed by atoms with van der Waals surface area (Å²) in [4.78, 5) is 0. The van der Waals surface area contributed by atoms with E-state index in [1.807, 2.05) is 139 Å². The molecule has 0 aliphatic heterocycles. The molecule has 0 aliphatic rings. The molecule has 0 saturated heterocycles. The fraction of sp³-hybridized carbons (Fsp3) is 0.250. The van der Waals surface area contributed by atoms with Crippen molar-refractivity contribution in [1.29, 1.82) is 0 Å². The average Bonchev–Trinajstić information content (AvgIpc) is 3.09. The Morgan fingerprint density at radius 2 is 1.00 bits per heavy atom. The first-order valence-corrected chi connectivity index (χ1v) is 33.0. The van der Waals surface area contributed by atoms with E-state index >= 15 is 0 Å². The fourth-order valence-corrected chi connectivity index (χ4v) is 64.1. The van der Waals surface area contributed by atoms with Crippen LogP contribution in [0.3, 0.4) is 0 Å². The van der Waals surface area contributed by atoms with Crippen molar-refractivity contribution in [1.82, 2.24) is 0 Å². The van der Waals surface area contributed by atoms with Gasteiger partial charge in [0.25, 0.3) is 0 Å². The number of benzene rings is 4. The molecule has 0 N–H and O–H groups in total. The predicted molar refractivity (Wildman–Crippen MR) is 219 cm³/mol. The molecule has 0 unspecified atom stereocenters. The second kappa shape index (κ2) is 19.2. The monoisotopic (exact) mass is 898 g/mol. The van der Waals surface area contributed by atoms with Crippen LogP contribution in [0.1, 0.15) is 27.7 Å². The Balaban J connectivity index is 1.65. The van der Waals surface area contributed by atoms with Crippen molar-refractivity contribution in [3.05, 3.63) is 121 Å². The van der Waals surface area contributed by atoms with Gasteiger partial charge in [-0.25, -0.2) is 0 Å². The van der Waals surface area contributed by atoms with Gasteiger partial charge in [-0.05, 0) is 0 Å². The van der Waals surface area contributed by atoms with Crippen LogP contribution >= 0.6 is 43.4 Å². The average molecular weight is 896 g/mol. The third-order valence-corrected chi connectivity index (χ3v) is 50.9. The van der Waals surface area contributed by atoms with E-state index in [1.54, 1.807) is 0 Å². The van der Waals surface area contributed by atoms with Crippen molar-refractivity contribution in [3.8, 4) is 23.0 Å². The van der Waals surface area contributed by atoms with E-state index in [1.165, 1.54) is 0 Å². The Hall–Kier alpha value is -0.540. The van der Waals surface area contributed by atoms with E-state index < -0.39 is 44.4 Å². The summed E-state index contributed by atoms with van der Waals surface area (Å²) >= 11 is 11.7. The summed E-state index contributed by atoms with van der Waals surface area (Å²) in [6.45, 7) is 0.716. The summed E-state index contributed by atoms with van der Waals surface area (Å²) in [6.07, 6.45) is 1.67. The standard InChI is InChI=1S/C32H40N2O4P4S4Te/c1-5-39(6-2,33-41(43,35-29-21-13-9-14-22-29)36-30-23-15-10-16-24-30)45-47-46-40(7-3,8-4)34-42(44,37-31-25-17-11-18-26-31)38-32-27-19-12-20-28-32/h9-28H,5-8H2,1-4H3. The minimum absolute atomic E-state index is 0.667. The quantitative estimate of drug-likeness (QED) is 0.0556. The second-order valence-electron chi connectivity index (χ2n) is 9.91. The van der Waals surface area contributed by atoms with E-state index in [2.05, 4.69) is 27.7 Å². The van der Waals surface area contributed by atoms with Crippen LogP contribution in [0.15, 0.2) is 130 Å². The predicted octanol–water partition coefficient (Wildman–Crippen LogP) is 13.1. The van der Waals surface area contributed by atoms with Gasteiger partial charge in [0.2, 0.25) is 0 Å². The summed E-state index contributed by atoms with van der Waals surface area (Å²) in [5.74, 6) is 2.67. The Morgan fingerprint density at radius 3 is 1.34 bits per heavy atom. The Morgan fingerprint density at radius 1 is 0.638 bits per heavy atom. The maximum atomic E-state index is 6.44. The first-order valence-electron chi connectivity index (χ1n) is 15.1. The van der Waals surface area contributed by atoms with Gasteiger partial charge in [0.15, 0.2) is 0 Å². The topological polar surface area (TPSA) is 61.6 Å². The van der Waals surface area contributed by atoms with Gasteiger partial charge in [0, 0.05) is 0 Å². The van der Waals surface area contributed by atoms with Gasteiger partial charge in [-0.1, -0.05) is 0 Å². The molecular weight excluding hydrogens is 856 g/mol. The van der Waals surface area contributed by atoms with Crippen molar-refractivity contribution in [2.24, 2.45) is 9.03 Å². The van der Waals surface area contributed by atoms with Crippen LogP contribution in [0.4, 0.5) is 0 Å². The molecule has 0 heterocycles. The summed E-state index contributed by atoms with van der Waals surface area (Å²) < 4.78 is 36.6. The van der Waals surface area contributed by atoms with Crippen molar-refractivity contribution in [3.63, 3.8) is 0 Å². The number of nitrogens with zero attached hydrogens (tertiary/aromatic N) is 2. The molecular formula is C32H40N2O4P4S4Te. The van der Waals surface area contributed by atoms with E-state index in [0.29, 0.717) is 23.0 Å². The zero-order chi connectivity index (χ0) is 33.6. The van der Waals surface area contributed by atoms with Gasteiger partial charge >= 0.3 is 309 Å². The molecule has 47 heavy (non-hydrogen) atoms. The second-order valence-corrected chi connectivity index (χ2v) is 39.6. The van der Waals surface area contributed by atoms with Crippen LogP contribution < -0.4 is 18.1 Å². The van der Waals surface area contributed by atoms with E-state index in [9.17, 15) is 0 Å². The molecule has 0 bridgehead atoms. The number of rotatable bonds is 18. The van der Waals surface area contributed by atoms with Crippen molar-refractivity contribution >= 4 is 85.7 Å². The van der Waals surface area contributed by atoms with Crippen LogP contribution in [0.5, 0.6) is 23.0 Å². The van der Waals surface area contributed by atoms with Crippen LogP contribution in [-0.2, 0) is 24.1 Å². The number of hydrogen-bond donors (Lipinski definition) is 0. The van der Waals surface area contributed by atoms with Crippen LogP contribution in [0, 0.1) is 0 Å². The van der Waals surface area contributed by atoms with Crippen LogP contribution in [0.2, 0.25) is 0 Å². The molecule has 252 valence electrons. The summed E-state index contributed by atoms with van der Waals surface area (Å²) in [5, 5.41) is 0. The molecule has 4 rings (SSSR count). The Labute approximate surface area is 306 Å². The molecule has 0 atom stereocenters. The van der Waals surface area contributed by atoms with Crippen LogP contribution in [-0.4, -0.2) is 42.8 Å². The molecule has 15 heteroatoms. The SMILES string of the molecule is CCP(CC)(=NP(=S)(Oc1ccccc1)Oc1ccccc1)S[Te]S[P+](CC)(CC)N=P([S-])(Oc1ccccc1)Oc1ccccc1. The molecule has 0 aromatic heterocycles. The first kappa shape index (κ1) is 39.2. The number of hydrogen-bond acceptors (Lipinski definition) is 9. The Kier molecular flexibility index (Phi) is 16.0. The first-order chi connectivity index (χ1) is 22.7. The molecule has 0 fully saturated rings. The molecule has 0 radical (unpaired) electrons. The van der Waals surface area contributed by atoms with Gasteiger partial charge < -0.3 is 0 Å². The van der Waals surface area contributed by atoms with Crippen molar-refractivity contribution in [2.75, 3.05) is 24.6 Å². The van der Waals surface area contributed by atoms with Crippen molar-refractivity contribution < 1.29 is 18.1 Å². The van der Waals surface area contributed by atoms with Gasteiger partial charge in [0.1, 0.15) is 0 Å². The molecule has 0 spiro atoms. The molecule has 4 aromatic carbocycles. The minimum atomic E-state index is -3.09. The number of para-hydroxylation sites is 4. The maximum absolute atomic E-state index is 6.44. The summed E-state index contributed by atoms with van der Waals surface area (Å²) in [7, 11) is 4.02. The zero-order valence-corrected chi connectivity index (χ0v) is 35.9. The van der Waals surface area contributed by atoms with Gasteiger partial charge in [-0.3, -0.25) is 0 Å². The van der Waals surface area contributed by atoms with E-state index in [4.69, 9.17) is 51.2 Å². The summed E-state index contributed by atoms with van der Waals surface area (Å²) in [6, 6.07) is 38.5.